The molecule has 172 valence electrons. The molecule has 2 aliphatic rings. The van der Waals surface area contributed by atoms with Crippen LogP contribution in [0.5, 0.6) is 0 Å². The highest BCUT2D eigenvalue weighted by molar-refractivity contribution is 5.71. The van der Waals surface area contributed by atoms with E-state index >= 15 is 0 Å². The third-order valence-electron chi connectivity index (χ3n) is 8.11. The van der Waals surface area contributed by atoms with E-state index in [0.29, 0.717) is 5.92 Å². The minimum atomic E-state index is -0.665. The van der Waals surface area contributed by atoms with Crippen molar-refractivity contribution in [2.75, 3.05) is 0 Å². The van der Waals surface area contributed by atoms with E-state index < -0.39 is 17.5 Å². The minimum absolute atomic E-state index is 0.0529. The molecule has 0 heterocycles. The molecule has 0 bridgehead atoms. The summed E-state index contributed by atoms with van der Waals surface area (Å²) in [6.45, 7) is 1.37. The quantitative estimate of drug-likeness (QED) is 0.373. The molecule has 0 saturated heterocycles. The lowest BCUT2D eigenvalue weighted by molar-refractivity contribution is 0.235. The average molecular weight is 449 g/mol. The van der Waals surface area contributed by atoms with Crippen molar-refractivity contribution in [2.24, 2.45) is 11.8 Å². The smallest absolute Gasteiger partial charge is 0.131 e. The van der Waals surface area contributed by atoms with Gasteiger partial charge in [-0.05, 0) is 90.8 Å². The molecular weight excluding hydrogens is 417 g/mol. The van der Waals surface area contributed by atoms with Crippen molar-refractivity contribution in [1.82, 2.24) is 0 Å². The van der Waals surface area contributed by atoms with Crippen LogP contribution in [0.2, 0.25) is 0 Å². The fourth-order valence-corrected chi connectivity index (χ4v) is 6.03. The van der Waals surface area contributed by atoms with E-state index in [-0.39, 0.29) is 16.7 Å². The van der Waals surface area contributed by atoms with E-state index in [1.165, 1.54) is 82.1 Å². The van der Waals surface area contributed by atoms with Crippen LogP contribution in [0.1, 0.15) is 68.4 Å². The maximum absolute atomic E-state index is 14.9. The Morgan fingerprint density at radius 3 is 1.73 bits per heavy atom. The second kappa shape index (κ2) is 9.37. The fourth-order valence-electron chi connectivity index (χ4n) is 6.03. The molecule has 0 atom stereocenters. The van der Waals surface area contributed by atoms with Gasteiger partial charge in [0.25, 0.3) is 0 Å². The molecule has 0 amide bonds. The Balaban J connectivity index is 1.29. The summed E-state index contributed by atoms with van der Waals surface area (Å²) in [6.07, 6.45) is 11.0. The molecule has 0 radical (unpaired) electrons. The molecule has 3 heteroatoms. The molecule has 0 unspecified atom stereocenters. The first kappa shape index (κ1) is 22.3. The normalized spacial score (nSPS) is 21.5. The van der Waals surface area contributed by atoms with E-state index in [2.05, 4.69) is 24.3 Å². The average Bonchev–Trinajstić information content (AvgIpc) is 3.37. The largest absolute Gasteiger partial charge is 0.207 e. The Bertz CT molecular complexity index is 1090. The van der Waals surface area contributed by atoms with Crippen LogP contribution in [-0.2, 0) is 0 Å². The molecule has 2 aliphatic carbocycles. The van der Waals surface area contributed by atoms with Crippen LogP contribution >= 0.6 is 0 Å². The van der Waals surface area contributed by atoms with Gasteiger partial charge in [-0.15, -0.1) is 0 Å². The number of hydrogen-bond acceptors (Lipinski definition) is 0. The number of halogens is 3. The summed E-state index contributed by atoms with van der Waals surface area (Å²) >= 11 is 0. The zero-order chi connectivity index (χ0) is 22.9. The first-order valence-electron chi connectivity index (χ1n) is 12.4. The number of rotatable bonds is 4. The van der Waals surface area contributed by atoms with Crippen molar-refractivity contribution in [3.05, 3.63) is 83.2 Å². The summed E-state index contributed by atoms with van der Waals surface area (Å²) in [7, 11) is 0. The molecule has 3 aromatic rings. The van der Waals surface area contributed by atoms with Crippen LogP contribution < -0.4 is 0 Å². The second-order valence-corrected chi connectivity index (χ2v) is 10.0. The standard InChI is InChI=1S/C30H31F3/c1-19-28(31)17-26(18-29(19)32)27-15-14-25(16-30(27)33)24-12-10-23(11-13-24)22-8-6-21(7-9-22)20-4-2-3-5-20/h10-18,20-22H,2-9H2,1H3. The van der Waals surface area contributed by atoms with Crippen molar-refractivity contribution in [3.63, 3.8) is 0 Å². The predicted octanol–water partition coefficient (Wildman–Crippen LogP) is 9.21. The molecule has 0 N–H and O–H groups in total. The van der Waals surface area contributed by atoms with E-state index in [9.17, 15) is 13.2 Å². The van der Waals surface area contributed by atoms with Crippen LogP contribution in [0, 0.1) is 36.2 Å². The van der Waals surface area contributed by atoms with Gasteiger partial charge in [0.1, 0.15) is 17.5 Å². The Hall–Kier alpha value is -2.55. The molecule has 0 aromatic heterocycles. The maximum atomic E-state index is 14.9. The summed E-state index contributed by atoms with van der Waals surface area (Å²) in [5, 5.41) is 0. The first-order chi connectivity index (χ1) is 16.0. The van der Waals surface area contributed by atoms with E-state index in [0.717, 1.165) is 23.0 Å². The van der Waals surface area contributed by atoms with E-state index in [4.69, 9.17) is 0 Å². The van der Waals surface area contributed by atoms with Crippen LogP contribution in [-0.4, -0.2) is 0 Å². The number of benzene rings is 3. The van der Waals surface area contributed by atoms with Crippen LogP contribution in [0.15, 0.2) is 54.6 Å². The Kier molecular flexibility index (Phi) is 6.32. The molecule has 0 nitrogen and oxygen atoms in total. The van der Waals surface area contributed by atoms with Gasteiger partial charge in [-0.3, -0.25) is 0 Å². The van der Waals surface area contributed by atoms with Gasteiger partial charge < -0.3 is 0 Å². The Morgan fingerprint density at radius 1 is 0.576 bits per heavy atom. The summed E-state index contributed by atoms with van der Waals surface area (Å²) in [4.78, 5) is 0. The van der Waals surface area contributed by atoms with Crippen LogP contribution in [0.25, 0.3) is 22.3 Å². The molecular formula is C30H31F3. The summed E-state index contributed by atoms with van der Waals surface area (Å²) in [5.74, 6) is 0.716. The minimum Gasteiger partial charge on any atom is -0.207 e. The summed E-state index contributed by atoms with van der Waals surface area (Å²) in [5.41, 5.74) is 3.45. The molecule has 33 heavy (non-hydrogen) atoms. The zero-order valence-electron chi connectivity index (χ0n) is 19.2. The predicted molar refractivity (Wildman–Crippen MR) is 129 cm³/mol. The lowest BCUT2D eigenvalue weighted by atomic mass is 9.73. The Labute approximate surface area is 194 Å². The van der Waals surface area contributed by atoms with Crippen molar-refractivity contribution < 1.29 is 13.2 Å². The molecule has 0 aliphatic heterocycles. The number of hydrogen-bond donors (Lipinski definition) is 0. The van der Waals surface area contributed by atoms with Crippen molar-refractivity contribution in [2.45, 2.75) is 64.2 Å². The van der Waals surface area contributed by atoms with Crippen molar-refractivity contribution in [1.29, 1.82) is 0 Å². The van der Waals surface area contributed by atoms with Gasteiger partial charge in [0.15, 0.2) is 0 Å². The van der Waals surface area contributed by atoms with Crippen LogP contribution in [0.4, 0.5) is 13.2 Å². The highest BCUT2D eigenvalue weighted by atomic mass is 19.1. The van der Waals surface area contributed by atoms with Crippen molar-refractivity contribution in [3.8, 4) is 22.3 Å². The van der Waals surface area contributed by atoms with Crippen LogP contribution in [0.3, 0.4) is 0 Å². The van der Waals surface area contributed by atoms with Gasteiger partial charge in [-0.25, -0.2) is 13.2 Å². The van der Waals surface area contributed by atoms with E-state index in [1.807, 2.05) is 6.07 Å². The van der Waals surface area contributed by atoms with Gasteiger partial charge in [-0.2, -0.15) is 0 Å². The Morgan fingerprint density at radius 2 is 1.12 bits per heavy atom. The fraction of sp³-hybridized carbons (Fsp3) is 0.400. The lowest BCUT2D eigenvalue weighted by Crippen LogP contribution is -2.19. The SMILES string of the molecule is Cc1c(F)cc(-c2ccc(-c3ccc(C4CCC(C5CCCC5)CC4)cc3)cc2F)cc1F. The highest BCUT2D eigenvalue weighted by Crippen LogP contribution is 2.43. The summed E-state index contributed by atoms with van der Waals surface area (Å²) < 4.78 is 42.7. The van der Waals surface area contributed by atoms with Crippen molar-refractivity contribution >= 4 is 0 Å². The molecule has 0 spiro atoms. The molecule has 2 saturated carbocycles. The third-order valence-corrected chi connectivity index (χ3v) is 8.11. The maximum Gasteiger partial charge on any atom is 0.131 e. The monoisotopic (exact) mass is 448 g/mol. The molecule has 3 aromatic carbocycles. The molecule has 5 rings (SSSR count). The zero-order valence-corrected chi connectivity index (χ0v) is 19.2. The van der Waals surface area contributed by atoms with Gasteiger partial charge in [0.2, 0.25) is 0 Å². The topological polar surface area (TPSA) is 0 Å². The van der Waals surface area contributed by atoms with Gasteiger partial charge >= 0.3 is 0 Å². The van der Waals surface area contributed by atoms with Gasteiger partial charge in [0.05, 0.1) is 0 Å². The van der Waals surface area contributed by atoms with Gasteiger partial charge in [0, 0.05) is 11.1 Å². The second-order valence-electron chi connectivity index (χ2n) is 10.0. The van der Waals surface area contributed by atoms with E-state index in [1.54, 1.807) is 6.07 Å². The first-order valence-corrected chi connectivity index (χ1v) is 12.4. The molecule has 2 fully saturated rings. The lowest BCUT2D eigenvalue weighted by Gasteiger charge is -2.32. The highest BCUT2D eigenvalue weighted by Gasteiger charge is 2.29. The van der Waals surface area contributed by atoms with Gasteiger partial charge in [-0.1, -0.05) is 62.1 Å². The third kappa shape index (κ3) is 4.60. The summed E-state index contributed by atoms with van der Waals surface area (Å²) in [6, 6.07) is 15.8.